The molecule has 0 bridgehead atoms. The maximum Gasteiger partial charge on any atom is 0.180 e. The summed E-state index contributed by atoms with van der Waals surface area (Å²) in [6, 6.07) is 10.2. The van der Waals surface area contributed by atoms with E-state index in [1.165, 1.54) is 5.56 Å². The molecule has 0 spiro atoms. The summed E-state index contributed by atoms with van der Waals surface area (Å²) in [5.74, 6) is 0. The SMILES string of the molecule is CCOC(CO)OCCOCCc1ccccc1. The van der Waals surface area contributed by atoms with Crippen molar-refractivity contribution >= 4 is 0 Å². The van der Waals surface area contributed by atoms with Gasteiger partial charge in [0.2, 0.25) is 0 Å². The Hall–Kier alpha value is -0.940. The summed E-state index contributed by atoms with van der Waals surface area (Å²) in [4.78, 5) is 0. The molecule has 0 aliphatic carbocycles. The summed E-state index contributed by atoms with van der Waals surface area (Å²) < 4.78 is 15.9. The highest BCUT2D eigenvalue weighted by atomic mass is 16.7. The molecular weight excluding hydrogens is 232 g/mol. The smallest absolute Gasteiger partial charge is 0.180 e. The molecule has 102 valence electrons. The molecule has 4 heteroatoms. The highest BCUT2D eigenvalue weighted by molar-refractivity contribution is 5.14. The Morgan fingerprint density at radius 3 is 2.50 bits per heavy atom. The van der Waals surface area contributed by atoms with Gasteiger partial charge >= 0.3 is 0 Å². The zero-order valence-corrected chi connectivity index (χ0v) is 10.9. The van der Waals surface area contributed by atoms with Crippen molar-refractivity contribution in [2.24, 2.45) is 0 Å². The lowest BCUT2D eigenvalue weighted by Crippen LogP contribution is -2.23. The molecule has 1 unspecified atom stereocenters. The summed E-state index contributed by atoms with van der Waals surface area (Å²) in [7, 11) is 0. The van der Waals surface area contributed by atoms with Gasteiger partial charge in [0.05, 0.1) is 26.4 Å². The molecule has 1 rings (SSSR count). The predicted molar refractivity (Wildman–Crippen MR) is 69.4 cm³/mol. The van der Waals surface area contributed by atoms with Crippen LogP contribution < -0.4 is 0 Å². The minimum absolute atomic E-state index is 0.127. The van der Waals surface area contributed by atoms with Crippen LogP contribution in [0.5, 0.6) is 0 Å². The highest BCUT2D eigenvalue weighted by Crippen LogP contribution is 1.99. The van der Waals surface area contributed by atoms with E-state index in [1.54, 1.807) is 0 Å². The molecule has 0 amide bonds. The molecule has 0 aromatic heterocycles. The van der Waals surface area contributed by atoms with E-state index in [0.29, 0.717) is 26.4 Å². The maximum absolute atomic E-state index is 8.92. The summed E-state index contributed by atoms with van der Waals surface area (Å²) in [5, 5.41) is 8.92. The van der Waals surface area contributed by atoms with E-state index < -0.39 is 6.29 Å². The van der Waals surface area contributed by atoms with Gasteiger partial charge in [0.15, 0.2) is 6.29 Å². The van der Waals surface area contributed by atoms with Crippen molar-refractivity contribution in [3.63, 3.8) is 0 Å². The van der Waals surface area contributed by atoms with Crippen LogP contribution in [-0.2, 0) is 20.6 Å². The molecule has 1 aromatic carbocycles. The number of benzene rings is 1. The predicted octanol–water partition coefficient (Wildman–Crippen LogP) is 1.62. The number of ether oxygens (including phenoxy) is 3. The van der Waals surface area contributed by atoms with Gasteiger partial charge < -0.3 is 19.3 Å². The molecule has 0 saturated heterocycles. The first kappa shape index (κ1) is 15.1. The van der Waals surface area contributed by atoms with Crippen LogP contribution in [0.15, 0.2) is 30.3 Å². The third kappa shape index (κ3) is 6.71. The van der Waals surface area contributed by atoms with Gasteiger partial charge in [0, 0.05) is 6.61 Å². The Kier molecular flexibility index (Phi) is 8.42. The Balaban J connectivity index is 1.98. The molecule has 1 aromatic rings. The number of aliphatic hydroxyl groups excluding tert-OH is 1. The Morgan fingerprint density at radius 1 is 1.06 bits per heavy atom. The molecule has 4 nitrogen and oxygen atoms in total. The second-order valence-electron chi connectivity index (χ2n) is 3.79. The third-order valence-electron chi connectivity index (χ3n) is 2.41. The summed E-state index contributed by atoms with van der Waals surface area (Å²) >= 11 is 0. The molecular formula is C14H22O4. The van der Waals surface area contributed by atoms with Crippen LogP contribution in [0.2, 0.25) is 0 Å². The first-order valence-electron chi connectivity index (χ1n) is 6.32. The Morgan fingerprint density at radius 2 is 1.83 bits per heavy atom. The van der Waals surface area contributed by atoms with E-state index in [0.717, 1.165) is 6.42 Å². The van der Waals surface area contributed by atoms with Crippen LogP contribution in [0.1, 0.15) is 12.5 Å². The van der Waals surface area contributed by atoms with E-state index >= 15 is 0 Å². The second-order valence-corrected chi connectivity index (χ2v) is 3.79. The van der Waals surface area contributed by atoms with Crippen molar-refractivity contribution in [3.8, 4) is 0 Å². The van der Waals surface area contributed by atoms with Crippen molar-refractivity contribution in [3.05, 3.63) is 35.9 Å². The lowest BCUT2D eigenvalue weighted by molar-refractivity contribution is -0.166. The molecule has 0 fully saturated rings. The van der Waals surface area contributed by atoms with E-state index in [9.17, 15) is 0 Å². The normalized spacial score (nSPS) is 12.6. The summed E-state index contributed by atoms with van der Waals surface area (Å²) in [6.07, 6.45) is 0.364. The minimum atomic E-state index is -0.535. The van der Waals surface area contributed by atoms with E-state index in [4.69, 9.17) is 19.3 Å². The van der Waals surface area contributed by atoms with Crippen molar-refractivity contribution in [2.45, 2.75) is 19.6 Å². The molecule has 1 N–H and O–H groups in total. The van der Waals surface area contributed by atoms with Gasteiger partial charge in [-0.2, -0.15) is 0 Å². The van der Waals surface area contributed by atoms with Crippen LogP contribution in [0.4, 0.5) is 0 Å². The van der Waals surface area contributed by atoms with Crippen molar-refractivity contribution in [1.82, 2.24) is 0 Å². The molecule has 0 radical (unpaired) electrons. The van der Waals surface area contributed by atoms with E-state index in [1.807, 2.05) is 25.1 Å². The number of hydrogen-bond acceptors (Lipinski definition) is 4. The standard InChI is InChI=1S/C14H22O4/c1-2-17-14(12-15)18-11-10-16-9-8-13-6-4-3-5-7-13/h3-7,14-15H,2,8-12H2,1H3. The van der Waals surface area contributed by atoms with Gasteiger partial charge in [-0.15, -0.1) is 0 Å². The van der Waals surface area contributed by atoms with Crippen LogP contribution in [0.3, 0.4) is 0 Å². The fourth-order valence-corrected chi connectivity index (χ4v) is 1.51. The highest BCUT2D eigenvalue weighted by Gasteiger charge is 2.05. The van der Waals surface area contributed by atoms with Gasteiger partial charge in [-0.05, 0) is 18.9 Å². The molecule has 0 aliphatic rings. The first-order valence-corrected chi connectivity index (χ1v) is 6.32. The molecule has 18 heavy (non-hydrogen) atoms. The van der Waals surface area contributed by atoms with Crippen molar-refractivity contribution < 1.29 is 19.3 Å². The van der Waals surface area contributed by atoms with E-state index in [2.05, 4.69) is 12.1 Å². The van der Waals surface area contributed by atoms with Gasteiger partial charge in [0.1, 0.15) is 0 Å². The van der Waals surface area contributed by atoms with Crippen LogP contribution in [0, 0.1) is 0 Å². The van der Waals surface area contributed by atoms with E-state index in [-0.39, 0.29) is 6.61 Å². The lowest BCUT2D eigenvalue weighted by Gasteiger charge is -2.15. The average molecular weight is 254 g/mol. The zero-order chi connectivity index (χ0) is 13.1. The minimum Gasteiger partial charge on any atom is -0.391 e. The second kappa shape index (κ2) is 10.0. The fraction of sp³-hybridized carbons (Fsp3) is 0.571. The van der Waals surface area contributed by atoms with Crippen LogP contribution in [0.25, 0.3) is 0 Å². The van der Waals surface area contributed by atoms with Crippen LogP contribution in [-0.4, -0.2) is 44.4 Å². The van der Waals surface area contributed by atoms with Crippen molar-refractivity contribution in [2.75, 3.05) is 33.0 Å². The number of aliphatic hydroxyl groups is 1. The van der Waals surface area contributed by atoms with Gasteiger partial charge in [0.25, 0.3) is 0 Å². The van der Waals surface area contributed by atoms with Gasteiger partial charge in [-0.25, -0.2) is 0 Å². The molecule has 0 aliphatic heterocycles. The largest absolute Gasteiger partial charge is 0.391 e. The monoisotopic (exact) mass is 254 g/mol. The van der Waals surface area contributed by atoms with Crippen LogP contribution >= 0.6 is 0 Å². The lowest BCUT2D eigenvalue weighted by atomic mass is 10.2. The maximum atomic E-state index is 8.92. The molecule has 0 saturated carbocycles. The van der Waals surface area contributed by atoms with Gasteiger partial charge in [-0.1, -0.05) is 30.3 Å². The average Bonchev–Trinajstić information content (AvgIpc) is 2.42. The van der Waals surface area contributed by atoms with Crippen molar-refractivity contribution in [1.29, 1.82) is 0 Å². The quantitative estimate of drug-likeness (QED) is 0.509. The zero-order valence-electron chi connectivity index (χ0n) is 10.9. The van der Waals surface area contributed by atoms with Gasteiger partial charge in [-0.3, -0.25) is 0 Å². The number of rotatable bonds is 10. The summed E-state index contributed by atoms with van der Waals surface area (Å²) in [6.45, 7) is 3.88. The third-order valence-corrected chi connectivity index (χ3v) is 2.41. The Labute approximate surface area is 108 Å². The molecule has 1 atom stereocenters. The molecule has 0 heterocycles. The summed E-state index contributed by atoms with van der Waals surface area (Å²) in [5.41, 5.74) is 1.26. The fourth-order valence-electron chi connectivity index (χ4n) is 1.51. The topological polar surface area (TPSA) is 47.9 Å². The first-order chi connectivity index (χ1) is 8.86. The Bertz CT molecular complexity index is 289. The number of hydrogen-bond donors (Lipinski definition) is 1.